The van der Waals surface area contributed by atoms with Crippen LogP contribution in [0.15, 0.2) is 146 Å². The zero-order chi connectivity index (χ0) is 84.5. The summed E-state index contributed by atoms with van der Waals surface area (Å²) in [5, 5.41) is 29.8. The van der Waals surface area contributed by atoms with Crippen molar-refractivity contribution < 1.29 is 76.5 Å². The third-order valence-corrected chi connectivity index (χ3v) is 19.6. The quantitative estimate of drug-likeness (QED) is 0.0139. The van der Waals surface area contributed by atoms with Crippen molar-refractivity contribution >= 4 is 99.6 Å². The van der Waals surface area contributed by atoms with E-state index in [0.717, 1.165) is 11.8 Å². The van der Waals surface area contributed by atoms with Gasteiger partial charge in [0.25, 0.3) is 0 Å². The Labute approximate surface area is 678 Å². The molecule has 27 nitrogen and oxygen atoms in total. The molecular weight excluding hydrogens is 1500 g/mol. The molecule has 0 aromatic heterocycles. The number of benzene rings is 5. The average Bonchev–Trinajstić information content (AvgIpc) is 0.753. The molecule has 5 aromatic carbocycles. The first-order chi connectivity index (χ1) is 53.6. The van der Waals surface area contributed by atoms with Gasteiger partial charge in [0.05, 0.1) is 44.4 Å². The van der Waals surface area contributed by atoms with Crippen LogP contribution < -0.4 is 63.2 Å². The number of rotatable bonds is 43. The van der Waals surface area contributed by atoms with Gasteiger partial charge >= 0.3 is 5.97 Å². The van der Waals surface area contributed by atoms with E-state index in [1.165, 1.54) is 25.6 Å². The molecule has 0 heterocycles. The SMILES string of the molecule is CCOC(=O)CCSC(=O)CNC(=O)CNC(=O)[C@H](Cc1ccc(OC(C)(C)C)cc1)NC(=O)[C@@H](NC(=O)[C@H](Cc1ccccc1)NC(=O)[C@@H](NC(=O)[C@H](CCC(=O)NC(c1ccccc1)(c1ccccc1)c1ccccc1)NC(=O)[C@H](CSC(C)(C)C)NC(=O)[C@H](CC(C)C)NC(=O)CNC(C)=O)[C@@H](C)OC(C)(C)C)C(C)C. The Morgan fingerprint density at radius 3 is 1.40 bits per heavy atom. The highest BCUT2D eigenvalue weighted by molar-refractivity contribution is 8.13. The molecule has 0 aliphatic carbocycles. The lowest BCUT2D eigenvalue weighted by atomic mass is 9.77. The van der Waals surface area contributed by atoms with Crippen molar-refractivity contribution in [2.75, 3.05) is 37.7 Å². The van der Waals surface area contributed by atoms with Gasteiger partial charge in [-0.15, -0.1) is 0 Å². The number of nitrogens with one attached hydrogen (secondary N) is 11. The number of thioether (sulfide) groups is 2. The molecule has 0 aliphatic rings. The summed E-state index contributed by atoms with van der Waals surface area (Å²) in [6, 6.07) is 33.2. The highest BCUT2D eigenvalue weighted by atomic mass is 32.2. The summed E-state index contributed by atoms with van der Waals surface area (Å²) in [4.78, 5) is 183. The Kier molecular flexibility index (Phi) is 37.9. The lowest BCUT2D eigenvalue weighted by Gasteiger charge is -2.37. The van der Waals surface area contributed by atoms with Crippen molar-refractivity contribution in [3.63, 3.8) is 0 Å². The second kappa shape index (κ2) is 45.7. The normalized spacial score (nSPS) is 13.8. The maximum absolute atomic E-state index is 15.7. The maximum atomic E-state index is 15.7. The Morgan fingerprint density at radius 1 is 0.439 bits per heavy atom. The van der Waals surface area contributed by atoms with Crippen molar-refractivity contribution in [1.29, 1.82) is 0 Å². The molecule has 114 heavy (non-hydrogen) atoms. The van der Waals surface area contributed by atoms with E-state index < -0.39 is 184 Å². The van der Waals surface area contributed by atoms with Gasteiger partial charge in [-0.25, -0.2) is 0 Å². The Morgan fingerprint density at radius 2 is 0.904 bits per heavy atom. The molecule has 5 aromatic rings. The van der Waals surface area contributed by atoms with Gasteiger partial charge in [0.2, 0.25) is 70.1 Å². The smallest absolute Gasteiger partial charge is 0.306 e. The van der Waals surface area contributed by atoms with Crippen LogP contribution in [0.2, 0.25) is 0 Å². The topological polar surface area (TPSA) is 382 Å². The molecule has 0 radical (unpaired) electrons. The highest BCUT2D eigenvalue weighted by Crippen LogP contribution is 2.37. The molecule has 29 heteroatoms. The summed E-state index contributed by atoms with van der Waals surface area (Å²) in [7, 11) is 0. The van der Waals surface area contributed by atoms with Crippen LogP contribution in [-0.4, -0.2) is 178 Å². The summed E-state index contributed by atoms with van der Waals surface area (Å²) in [6.07, 6.45) is -2.25. The minimum Gasteiger partial charge on any atom is -0.488 e. The van der Waals surface area contributed by atoms with Gasteiger partial charge in [-0.3, -0.25) is 62.3 Å². The van der Waals surface area contributed by atoms with Crippen molar-refractivity contribution in [1.82, 2.24) is 58.5 Å². The maximum Gasteiger partial charge on any atom is 0.306 e. The minimum absolute atomic E-state index is 0.0142. The second-order valence-electron chi connectivity index (χ2n) is 31.4. The van der Waals surface area contributed by atoms with Crippen molar-refractivity contribution in [2.45, 2.75) is 219 Å². The predicted molar refractivity (Wildman–Crippen MR) is 441 cm³/mol. The number of carbonyl (C=O) groups is 13. The number of hydrogen-bond donors (Lipinski definition) is 11. The molecule has 620 valence electrons. The van der Waals surface area contributed by atoms with E-state index in [1.807, 2.05) is 146 Å². The lowest BCUT2D eigenvalue weighted by molar-refractivity contribution is -0.142. The second-order valence-corrected chi connectivity index (χ2v) is 34.4. The zero-order valence-electron chi connectivity index (χ0n) is 68.5. The van der Waals surface area contributed by atoms with Gasteiger partial charge in [0, 0.05) is 42.4 Å². The molecule has 0 saturated carbocycles. The van der Waals surface area contributed by atoms with E-state index in [4.69, 9.17) is 14.2 Å². The van der Waals surface area contributed by atoms with E-state index in [9.17, 15) is 38.4 Å². The van der Waals surface area contributed by atoms with E-state index in [-0.39, 0.29) is 49.7 Å². The number of amides is 11. The Hall–Kier alpha value is -10.1. The summed E-state index contributed by atoms with van der Waals surface area (Å²) < 4.78 is 16.9. The van der Waals surface area contributed by atoms with E-state index >= 15 is 24.0 Å². The standard InChI is InChI=1S/C85H117N11O16S2/c1-17-110-71(101)44-45-113-72(102)51-87-69(99)49-88-75(103)65(48-58-38-40-62(41-39-58)112-83(11,12)13)91-80(108)73(54(4)5)94-78(106)66(47-57-30-22-18-23-31-57)92-81(109)74(55(6)111-82(8,9)10)95-76(104)63(90-79(107)67(52-114-84(14,15)16)93-77(105)64(46-53(2)3)89-70(100)50-86-56(7)97)42-43-68(98)96-85(59-32-24-19-25-33-59,60-34-26-20-27-35-60)61-36-28-21-29-37-61/h18-41,53-55,63-67,73-74H,17,42-52H2,1-16H3,(H,86,97)(H,87,99)(H,88,103)(H,89,100)(H,90,107)(H,91,108)(H,92,109)(H,93,105)(H,94,106)(H,95,104)(H,96,98)/t55-,63+,64+,65+,66+,67+,73+,74+/m1/s1. The largest absolute Gasteiger partial charge is 0.488 e. The lowest BCUT2D eigenvalue weighted by Crippen LogP contribution is -2.63. The van der Waals surface area contributed by atoms with Crippen LogP contribution >= 0.6 is 23.5 Å². The molecule has 5 rings (SSSR count). The first kappa shape index (κ1) is 94.5. The molecular formula is C85H117N11O16S2. The van der Waals surface area contributed by atoms with Crippen LogP contribution in [0.5, 0.6) is 5.75 Å². The van der Waals surface area contributed by atoms with Gasteiger partial charge in [-0.05, 0) is 120 Å². The van der Waals surface area contributed by atoms with E-state index in [1.54, 1.807) is 96.1 Å². The molecule has 11 amide bonds. The van der Waals surface area contributed by atoms with Crippen LogP contribution in [-0.2, 0) is 90.2 Å². The fourth-order valence-electron chi connectivity index (χ4n) is 12.0. The van der Waals surface area contributed by atoms with Crippen molar-refractivity contribution in [3.8, 4) is 5.75 Å². The molecule has 11 N–H and O–H groups in total. The Balaban J connectivity index is 1.55. The highest BCUT2D eigenvalue weighted by Gasteiger charge is 2.41. The van der Waals surface area contributed by atoms with Crippen LogP contribution in [0, 0.1) is 11.8 Å². The first-order valence-corrected chi connectivity index (χ1v) is 40.5. The molecule has 0 aliphatic heterocycles. The molecule has 0 unspecified atom stereocenters. The van der Waals surface area contributed by atoms with Gasteiger partial charge in [-0.2, -0.15) is 11.8 Å². The Bertz CT molecular complexity index is 3910. The molecule has 0 fully saturated rings. The molecule has 8 atom stereocenters. The summed E-state index contributed by atoms with van der Waals surface area (Å²) >= 11 is 2.15. The van der Waals surface area contributed by atoms with E-state index in [2.05, 4.69) is 58.5 Å². The number of hydrogen-bond acceptors (Lipinski definition) is 18. The summed E-state index contributed by atoms with van der Waals surface area (Å²) in [5.41, 5.74) is 0.385. The fourth-order valence-corrected chi connectivity index (χ4v) is 13.6. The first-order valence-electron chi connectivity index (χ1n) is 38.5. The summed E-state index contributed by atoms with van der Waals surface area (Å²) in [6.45, 7) is 26.7. The van der Waals surface area contributed by atoms with Crippen LogP contribution in [0.3, 0.4) is 0 Å². The van der Waals surface area contributed by atoms with Crippen molar-refractivity contribution in [3.05, 3.63) is 173 Å². The average molecular weight is 1610 g/mol. The monoisotopic (exact) mass is 1610 g/mol. The van der Waals surface area contributed by atoms with Crippen molar-refractivity contribution in [2.24, 2.45) is 11.8 Å². The van der Waals surface area contributed by atoms with E-state index in [0.29, 0.717) is 33.6 Å². The van der Waals surface area contributed by atoms with Crippen LogP contribution in [0.1, 0.15) is 164 Å². The van der Waals surface area contributed by atoms with Gasteiger partial charge in [0.1, 0.15) is 59.2 Å². The molecule has 0 spiro atoms. The fraction of sp³-hybridized carbons (Fsp3) is 0.494. The van der Waals surface area contributed by atoms with Crippen LogP contribution in [0.25, 0.3) is 0 Å². The third kappa shape index (κ3) is 33.5. The predicted octanol–water partition coefficient (Wildman–Crippen LogP) is 6.95. The minimum atomic E-state index is -1.69. The number of ether oxygens (including phenoxy) is 3. The summed E-state index contributed by atoms with van der Waals surface area (Å²) in [5.74, 6) is -9.17. The van der Waals surface area contributed by atoms with Gasteiger partial charge < -0.3 is 72.7 Å². The van der Waals surface area contributed by atoms with Gasteiger partial charge in [-0.1, -0.05) is 194 Å². The van der Waals surface area contributed by atoms with Gasteiger partial charge in [0.15, 0.2) is 0 Å². The third-order valence-electron chi connectivity index (χ3n) is 17.3. The number of esters is 1. The molecule has 0 saturated heterocycles. The molecule has 0 bridgehead atoms. The van der Waals surface area contributed by atoms with Crippen LogP contribution in [0.4, 0.5) is 0 Å². The zero-order valence-corrected chi connectivity index (χ0v) is 70.1. The number of carbonyl (C=O) groups excluding carboxylic acids is 13.